The van der Waals surface area contributed by atoms with Gasteiger partial charge < -0.3 is 5.11 Å². The Hall–Kier alpha value is -2.25. The summed E-state index contributed by atoms with van der Waals surface area (Å²) in [5, 5.41) is 25.6. The second kappa shape index (κ2) is 5.86. The van der Waals surface area contributed by atoms with Crippen LogP contribution in [0.15, 0.2) is 47.6 Å². The molecule has 2 aromatic rings. The van der Waals surface area contributed by atoms with E-state index in [1.54, 1.807) is 30.3 Å². The van der Waals surface area contributed by atoms with E-state index in [0.29, 0.717) is 21.2 Å². The van der Waals surface area contributed by atoms with Crippen LogP contribution in [0.5, 0.6) is 5.75 Å². The van der Waals surface area contributed by atoms with Gasteiger partial charge in [0, 0.05) is 6.07 Å². The molecule has 8 heteroatoms. The Morgan fingerprint density at radius 1 is 1.27 bits per heavy atom. The highest BCUT2D eigenvalue weighted by molar-refractivity contribution is 8.14. The Morgan fingerprint density at radius 3 is 2.77 bits per heavy atom. The molecule has 0 aliphatic carbocycles. The van der Waals surface area contributed by atoms with Crippen molar-refractivity contribution in [3.8, 4) is 5.75 Å². The van der Waals surface area contributed by atoms with Gasteiger partial charge in [0.05, 0.1) is 21.1 Å². The average molecular weight is 336 g/mol. The molecule has 112 valence electrons. The molecule has 2 N–H and O–H groups in total. The maximum absolute atomic E-state index is 11.2. The van der Waals surface area contributed by atoms with Gasteiger partial charge in [0.2, 0.25) is 0 Å². The van der Waals surface area contributed by atoms with Crippen molar-refractivity contribution in [1.29, 1.82) is 0 Å². The largest absolute Gasteiger partial charge is 0.507 e. The summed E-state index contributed by atoms with van der Waals surface area (Å²) in [4.78, 5) is 10.7. The number of para-hydroxylation sites is 1. The number of nitrogens with zero attached hydrogens (tertiary/aromatic N) is 2. The van der Waals surface area contributed by atoms with Crippen molar-refractivity contribution < 1.29 is 10.0 Å². The first kappa shape index (κ1) is 14.7. The Morgan fingerprint density at radius 2 is 2.05 bits per heavy atom. The molecule has 22 heavy (non-hydrogen) atoms. The molecule has 0 saturated heterocycles. The summed E-state index contributed by atoms with van der Waals surface area (Å²) in [6.07, 6.45) is 0. The number of rotatable bonds is 3. The fraction of sp³-hybridized carbons (Fsp3) is 0.0714. The Bertz CT molecular complexity index is 782. The van der Waals surface area contributed by atoms with Crippen molar-refractivity contribution in [2.24, 2.45) is 5.10 Å². The highest BCUT2D eigenvalue weighted by atomic mass is 35.5. The number of hydrazone groups is 1. The van der Waals surface area contributed by atoms with Crippen molar-refractivity contribution in [3.63, 3.8) is 0 Å². The van der Waals surface area contributed by atoms with Gasteiger partial charge in [0.15, 0.2) is 0 Å². The smallest absolute Gasteiger partial charge is 0.277 e. The number of thioether (sulfide) groups is 1. The lowest BCUT2D eigenvalue weighted by Crippen LogP contribution is -2.10. The first-order valence-electron chi connectivity index (χ1n) is 6.29. The van der Waals surface area contributed by atoms with Gasteiger partial charge in [-0.15, -0.1) is 0 Å². The minimum atomic E-state index is -0.483. The summed E-state index contributed by atoms with van der Waals surface area (Å²) in [6, 6.07) is 11.3. The van der Waals surface area contributed by atoms with E-state index in [1.165, 1.54) is 23.9 Å². The zero-order valence-corrected chi connectivity index (χ0v) is 12.6. The number of halogens is 1. The number of phenolic OH excluding ortho intramolecular Hbond substituents is 1. The van der Waals surface area contributed by atoms with Gasteiger partial charge in [0.25, 0.3) is 5.69 Å². The second-order valence-electron chi connectivity index (χ2n) is 4.49. The van der Waals surface area contributed by atoms with E-state index in [-0.39, 0.29) is 11.4 Å². The van der Waals surface area contributed by atoms with Gasteiger partial charge in [-0.25, -0.2) is 0 Å². The van der Waals surface area contributed by atoms with Gasteiger partial charge in [-0.05, 0) is 18.2 Å². The Kier molecular flexibility index (Phi) is 3.91. The molecule has 1 aliphatic rings. The van der Waals surface area contributed by atoms with E-state index in [2.05, 4.69) is 10.5 Å². The van der Waals surface area contributed by atoms with E-state index in [1.807, 2.05) is 0 Å². The van der Waals surface area contributed by atoms with E-state index in [0.717, 1.165) is 0 Å². The molecule has 0 saturated carbocycles. The minimum Gasteiger partial charge on any atom is -0.507 e. The van der Waals surface area contributed by atoms with Crippen LogP contribution in [0.1, 0.15) is 16.5 Å². The summed E-state index contributed by atoms with van der Waals surface area (Å²) >= 11 is 7.39. The monoisotopic (exact) mass is 335 g/mol. The predicted octanol–water partition coefficient (Wildman–Crippen LogP) is 3.65. The maximum Gasteiger partial charge on any atom is 0.277 e. The summed E-state index contributed by atoms with van der Waals surface area (Å²) < 4.78 is 0. The maximum atomic E-state index is 11.2. The first-order chi connectivity index (χ1) is 10.6. The Labute approximate surface area is 135 Å². The Balaban J connectivity index is 1.93. The number of nitro benzene ring substituents is 1. The van der Waals surface area contributed by atoms with Crippen LogP contribution < -0.4 is 5.43 Å². The summed E-state index contributed by atoms with van der Waals surface area (Å²) in [6.45, 7) is 0. The average Bonchev–Trinajstić information content (AvgIpc) is 2.96. The lowest BCUT2D eigenvalue weighted by atomic mass is 10.2. The fourth-order valence-electron chi connectivity index (χ4n) is 2.13. The molecule has 0 spiro atoms. The molecule has 1 aliphatic heterocycles. The molecule has 2 aromatic carbocycles. The normalized spacial score (nSPS) is 17.0. The van der Waals surface area contributed by atoms with Crippen LogP contribution >= 0.6 is 23.4 Å². The molecule has 0 bridgehead atoms. The van der Waals surface area contributed by atoms with Crippen LogP contribution in [0.4, 0.5) is 5.69 Å². The lowest BCUT2D eigenvalue weighted by molar-refractivity contribution is -0.385. The first-order valence-corrected chi connectivity index (χ1v) is 7.54. The summed E-state index contributed by atoms with van der Waals surface area (Å²) in [5.41, 5.74) is 3.71. The van der Waals surface area contributed by atoms with E-state index < -0.39 is 10.3 Å². The molecular formula is C14H10ClN3O3S. The number of nitrogens with one attached hydrogen (secondary N) is 1. The van der Waals surface area contributed by atoms with Gasteiger partial charge in [-0.2, -0.15) is 5.10 Å². The second-order valence-corrected chi connectivity index (χ2v) is 5.99. The van der Waals surface area contributed by atoms with Crippen molar-refractivity contribution >= 4 is 34.1 Å². The van der Waals surface area contributed by atoms with Crippen LogP contribution in [0.25, 0.3) is 0 Å². The molecule has 0 unspecified atom stereocenters. The highest BCUT2D eigenvalue weighted by Crippen LogP contribution is 2.42. The van der Waals surface area contributed by atoms with Crippen LogP contribution in [0.2, 0.25) is 5.02 Å². The number of hydrogen-bond acceptors (Lipinski definition) is 6. The summed E-state index contributed by atoms with van der Waals surface area (Å²) in [7, 11) is 0. The zero-order chi connectivity index (χ0) is 15.7. The van der Waals surface area contributed by atoms with E-state index >= 15 is 0 Å². The number of nitro groups is 1. The minimum absolute atomic E-state index is 0.0637. The molecule has 0 amide bonds. The van der Waals surface area contributed by atoms with Gasteiger partial charge >= 0.3 is 0 Å². The molecule has 0 radical (unpaired) electrons. The molecule has 0 fully saturated rings. The molecule has 1 atom stereocenters. The molecule has 6 nitrogen and oxygen atoms in total. The topological polar surface area (TPSA) is 87.8 Å². The van der Waals surface area contributed by atoms with Gasteiger partial charge in [-0.1, -0.05) is 41.6 Å². The van der Waals surface area contributed by atoms with E-state index in [4.69, 9.17) is 11.6 Å². The molecule has 0 aromatic heterocycles. The number of aromatic hydroxyl groups is 1. The van der Waals surface area contributed by atoms with Crippen molar-refractivity contribution in [1.82, 2.24) is 5.43 Å². The standard InChI is InChI=1S/C14H10ClN3O3S/c15-9-5-3-6-10(18(20)21)12(9)14-17-16-13(22-14)8-4-1-2-7-11(8)19/h1-7,14,17,19H/t14-/m1/s1. The summed E-state index contributed by atoms with van der Waals surface area (Å²) in [5.74, 6) is 0.102. The van der Waals surface area contributed by atoms with Crippen LogP contribution in [-0.4, -0.2) is 15.1 Å². The molecule has 1 heterocycles. The van der Waals surface area contributed by atoms with Crippen molar-refractivity contribution in [3.05, 3.63) is 68.7 Å². The number of benzene rings is 2. The van der Waals surface area contributed by atoms with E-state index in [9.17, 15) is 15.2 Å². The third-order valence-electron chi connectivity index (χ3n) is 3.14. The number of phenols is 1. The highest BCUT2D eigenvalue weighted by Gasteiger charge is 2.31. The number of hydrogen-bond donors (Lipinski definition) is 2. The van der Waals surface area contributed by atoms with Gasteiger partial charge in [-0.3, -0.25) is 15.5 Å². The third-order valence-corrected chi connectivity index (χ3v) is 4.58. The zero-order valence-electron chi connectivity index (χ0n) is 11.1. The molecule has 3 rings (SSSR count). The molecular weight excluding hydrogens is 326 g/mol. The van der Waals surface area contributed by atoms with Crippen LogP contribution in [0.3, 0.4) is 0 Å². The van der Waals surface area contributed by atoms with Crippen LogP contribution in [-0.2, 0) is 0 Å². The predicted molar refractivity (Wildman–Crippen MR) is 86.2 cm³/mol. The quantitative estimate of drug-likeness (QED) is 0.660. The lowest BCUT2D eigenvalue weighted by Gasteiger charge is -2.11. The SMILES string of the molecule is O=[N+]([O-])c1cccc(Cl)c1[C@@H]1NN=C(c2ccccc2O)S1. The van der Waals surface area contributed by atoms with Crippen molar-refractivity contribution in [2.45, 2.75) is 5.37 Å². The third kappa shape index (κ3) is 2.60. The van der Waals surface area contributed by atoms with Gasteiger partial charge in [0.1, 0.15) is 16.2 Å². The van der Waals surface area contributed by atoms with Crippen LogP contribution in [0, 0.1) is 10.1 Å². The van der Waals surface area contributed by atoms with Crippen molar-refractivity contribution in [2.75, 3.05) is 0 Å². The fourth-order valence-corrected chi connectivity index (χ4v) is 3.57.